The van der Waals surface area contributed by atoms with Gasteiger partial charge < -0.3 is 24.8 Å². The SMILES string of the molecule is CC(C)(C)OC(=O)N[C@H](C(=N)N1C[C@H](Oc2nccc3cc(Cl)ccc23)CC1C(=O)O)C(C)(C)C. The molecule has 9 nitrogen and oxygen atoms in total. The van der Waals surface area contributed by atoms with Crippen LogP contribution in [0.2, 0.25) is 5.02 Å². The van der Waals surface area contributed by atoms with Crippen molar-refractivity contribution in [1.82, 2.24) is 15.2 Å². The zero-order chi connectivity index (χ0) is 26.1. The van der Waals surface area contributed by atoms with Crippen LogP contribution in [0.3, 0.4) is 0 Å². The maximum atomic E-state index is 12.5. The normalized spacial score (nSPS) is 19.3. The number of amides is 1. The Kier molecular flexibility index (Phi) is 7.50. The van der Waals surface area contributed by atoms with Crippen LogP contribution >= 0.6 is 11.6 Å². The maximum absolute atomic E-state index is 12.5. The number of halogens is 1. The number of rotatable bonds is 5. The number of hydrogen-bond donors (Lipinski definition) is 3. The number of hydrogen-bond acceptors (Lipinski definition) is 6. The number of aliphatic carboxylic acids is 1. The van der Waals surface area contributed by atoms with Crippen LogP contribution in [0.4, 0.5) is 4.79 Å². The fourth-order valence-corrected chi connectivity index (χ4v) is 4.22. The second-order valence-electron chi connectivity index (χ2n) is 10.8. The second-order valence-corrected chi connectivity index (χ2v) is 11.2. The quantitative estimate of drug-likeness (QED) is 0.397. The zero-order valence-corrected chi connectivity index (χ0v) is 21.6. The standard InChI is InChI=1S/C25H33ClN4O5/c1-24(2,3)19(29-23(33)35-25(4,5)6)20(27)30-13-16(12-18(30)22(31)32)34-21-17-8-7-15(26)11-14(17)9-10-28-21/h7-11,16,18-19,27H,12-13H2,1-6H3,(H,29,33)(H,31,32)/t16-,18?,19-/m1/s1. The first-order chi connectivity index (χ1) is 16.2. The topological polar surface area (TPSA) is 125 Å². The number of amidine groups is 1. The van der Waals surface area contributed by atoms with Gasteiger partial charge in [0.1, 0.15) is 23.6 Å². The van der Waals surface area contributed by atoms with E-state index in [9.17, 15) is 14.7 Å². The van der Waals surface area contributed by atoms with Gasteiger partial charge in [-0.1, -0.05) is 32.4 Å². The van der Waals surface area contributed by atoms with Crippen molar-refractivity contribution in [2.24, 2.45) is 5.41 Å². The number of alkyl carbamates (subject to hydrolysis) is 1. The molecule has 1 aromatic heterocycles. The van der Waals surface area contributed by atoms with Gasteiger partial charge in [-0.3, -0.25) is 5.41 Å². The molecule has 0 radical (unpaired) electrons. The van der Waals surface area contributed by atoms with Gasteiger partial charge >= 0.3 is 12.1 Å². The number of carbonyl (C=O) groups excluding carboxylic acids is 1. The number of ether oxygens (including phenoxy) is 2. The molecule has 3 rings (SSSR count). The number of aromatic nitrogens is 1. The maximum Gasteiger partial charge on any atom is 0.408 e. The third-order valence-corrected chi connectivity index (χ3v) is 5.86. The summed E-state index contributed by atoms with van der Waals surface area (Å²) in [7, 11) is 0. The van der Waals surface area contributed by atoms with Crippen LogP contribution in [-0.4, -0.2) is 63.2 Å². The first kappa shape index (κ1) is 26.5. The molecule has 1 aliphatic rings. The first-order valence-corrected chi connectivity index (χ1v) is 11.8. The summed E-state index contributed by atoms with van der Waals surface area (Å²) < 4.78 is 11.5. The Hall–Kier alpha value is -3.07. The number of likely N-dealkylation sites (tertiary alicyclic amines) is 1. The highest BCUT2D eigenvalue weighted by atomic mass is 35.5. The highest BCUT2D eigenvalue weighted by molar-refractivity contribution is 6.31. The summed E-state index contributed by atoms with van der Waals surface area (Å²) in [5, 5.41) is 23.7. The van der Waals surface area contributed by atoms with Gasteiger partial charge in [-0.05, 0) is 55.8 Å². The summed E-state index contributed by atoms with van der Waals surface area (Å²) >= 11 is 6.09. The average molecular weight is 505 g/mol. The molecule has 3 N–H and O–H groups in total. The van der Waals surface area contributed by atoms with Crippen molar-refractivity contribution in [3.63, 3.8) is 0 Å². The Morgan fingerprint density at radius 1 is 1.23 bits per heavy atom. The third kappa shape index (κ3) is 6.54. The van der Waals surface area contributed by atoms with Gasteiger partial charge in [-0.15, -0.1) is 0 Å². The number of carboxylic acids is 1. The summed E-state index contributed by atoms with van der Waals surface area (Å²) in [5.41, 5.74) is -1.28. The summed E-state index contributed by atoms with van der Waals surface area (Å²) in [4.78, 5) is 30.4. The van der Waals surface area contributed by atoms with Crippen molar-refractivity contribution in [1.29, 1.82) is 5.41 Å². The molecule has 0 aliphatic carbocycles. The van der Waals surface area contributed by atoms with E-state index in [4.69, 9.17) is 26.5 Å². The number of fused-ring (bicyclic) bond motifs is 1. The fourth-order valence-electron chi connectivity index (χ4n) is 4.04. The zero-order valence-electron chi connectivity index (χ0n) is 20.9. The highest BCUT2D eigenvalue weighted by Crippen LogP contribution is 2.31. The van der Waals surface area contributed by atoms with E-state index in [0.29, 0.717) is 10.9 Å². The molecule has 0 bridgehead atoms. The predicted molar refractivity (Wildman–Crippen MR) is 134 cm³/mol. The Labute approximate surface area is 210 Å². The van der Waals surface area contributed by atoms with Crippen LogP contribution in [0, 0.1) is 10.8 Å². The number of nitrogens with one attached hydrogen (secondary N) is 2. The molecule has 1 saturated heterocycles. The molecule has 35 heavy (non-hydrogen) atoms. The van der Waals surface area contributed by atoms with E-state index in [0.717, 1.165) is 10.8 Å². The third-order valence-electron chi connectivity index (χ3n) is 5.63. The lowest BCUT2D eigenvalue weighted by Crippen LogP contribution is -2.57. The van der Waals surface area contributed by atoms with Crippen LogP contribution in [0.5, 0.6) is 5.88 Å². The largest absolute Gasteiger partial charge is 0.480 e. The van der Waals surface area contributed by atoms with Crippen LogP contribution in [0.15, 0.2) is 30.5 Å². The van der Waals surface area contributed by atoms with E-state index in [2.05, 4.69) is 10.3 Å². The molecule has 0 spiro atoms. The fraction of sp³-hybridized carbons (Fsp3) is 0.520. The molecule has 2 heterocycles. The van der Waals surface area contributed by atoms with E-state index in [1.165, 1.54) is 4.90 Å². The van der Waals surface area contributed by atoms with E-state index in [1.54, 1.807) is 39.1 Å². The number of nitrogens with zero attached hydrogens (tertiary/aromatic N) is 2. The minimum atomic E-state index is -1.07. The van der Waals surface area contributed by atoms with Gasteiger partial charge in [0.25, 0.3) is 0 Å². The lowest BCUT2D eigenvalue weighted by atomic mass is 9.85. The van der Waals surface area contributed by atoms with Crippen LogP contribution < -0.4 is 10.1 Å². The van der Waals surface area contributed by atoms with E-state index in [1.807, 2.05) is 32.9 Å². The molecule has 190 valence electrons. The molecule has 1 aromatic carbocycles. The molecule has 1 fully saturated rings. The molecule has 2 aromatic rings. The number of carbonyl (C=O) groups is 2. The van der Waals surface area contributed by atoms with Crippen LogP contribution in [0.25, 0.3) is 10.8 Å². The molecular formula is C25H33ClN4O5. The molecule has 0 saturated carbocycles. The van der Waals surface area contributed by atoms with Gasteiger partial charge in [0.05, 0.1) is 12.6 Å². The van der Waals surface area contributed by atoms with Gasteiger partial charge in [0.15, 0.2) is 0 Å². The van der Waals surface area contributed by atoms with Gasteiger partial charge in [0, 0.05) is 23.0 Å². The monoisotopic (exact) mass is 504 g/mol. The summed E-state index contributed by atoms with van der Waals surface area (Å²) in [6.07, 6.45) is 0.580. The predicted octanol–water partition coefficient (Wildman–Crippen LogP) is 4.71. The Morgan fingerprint density at radius 3 is 2.51 bits per heavy atom. The van der Waals surface area contributed by atoms with Gasteiger partial charge in [0.2, 0.25) is 5.88 Å². The van der Waals surface area contributed by atoms with E-state index < -0.39 is 41.3 Å². The highest BCUT2D eigenvalue weighted by Gasteiger charge is 2.44. The Balaban J connectivity index is 1.83. The number of pyridine rings is 1. The minimum Gasteiger partial charge on any atom is -0.480 e. The van der Waals surface area contributed by atoms with Gasteiger partial charge in [-0.25, -0.2) is 14.6 Å². The average Bonchev–Trinajstić information content (AvgIpc) is 3.13. The molecule has 3 atom stereocenters. The minimum absolute atomic E-state index is 0.0143. The first-order valence-electron chi connectivity index (χ1n) is 11.4. The van der Waals surface area contributed by atoms with Crippen molar-refractivity contribution < 1.29 is 24.2 Å². The van der Waals surface area contributed by atoms with Crippen molar-refractivity contribution in [3.05, 3.63) is 35.5 Å². The molecule has 1 aliphatic heterocycles. The number of benzene rings is 1. The van der Waals surface area contributed by atoms with E-state index >= 15 is 0 Å². The van der Waals surface area contributed by atoms with Crippen LogP contribution in [0.1, 0.15) is 48.0 Å². The van der Waals surface area contributed by atoms with E-state index in [-0.39, 0.29) is 18.8 Å². The van der Waals surface area contributed by atoms with Crippen molar-refractivity contribution in [2.75, 3.05) is 6.54 Å². The lowest BCUT2D eigenvalue weighted by molar-refractivity contribution is -0.141. The Morgan fingerprint density at radius 2 is 1.91 bits per heavy atom. The molecule has 1 unspecified atom stereocenters. The van der Waals surface area contributed by atoms with Gasteiger partial charge in [-0.2, -0.15) is 0 Å². The Bertz CT molecular complexity index is 1130. The number of carboxylic acid groups (broad SMARTS) is 1. The molecule has 1 amide bonds. The van der Waals surface area contributed by atoms with Crippen molar-refractivity contribution >= 4 is 40.3 Å². The summed E-state index contributed by atoms with van der Waals surface area (Å²) in [6, 6.07) is 5.41. The molecule has 10 heteroatoms. The van der Waals surface area contributed by atoms with Crippen LogP contribution in [-0.2, 0) is 9.53 Å². The van der Waals surface area contributed by atoms with Crippen molar-refractivity contribution in [2.45, 2.75) is 71.8 Å². The second kappa shape index (κ2) is 9.89. The summed E-state index contributed by atoms with van der Waals surface area (Å²) in [5.74, 6) is -0.705. The smallest absolute Gasteiger partial charge is 0.408 e. The van der Waals surface area contributed by atoms with Crippen molar-refractivity contribution in [3.8, 4) is 5.88 Å². The lowest BCUT2D eigenvalue weighted by Gasteiger charge is -2.37. The molecular weight excluding hydrogens is 472 g/mol. The summed E-state index contributed by atoms with van der Waals surface area (Å²) in [6.45, 7) is 11.0.